The highest BCUT2D eigenvalue weighted by Gasteiger charge is 2.17. The van der Waals surface area contributed by atoms with Crippen molar-refractivity contribution in [3.63, 3.8) is 0 Å². The van der Waals surface area contributed by atoms with Crippen LogP contribution in [0.15, 0.2) is 58.5 Å². The van der Waals surface area contributed by atoms with Crippen LogP contribution in [0.25, 0.3) is 27.7 Å². The molecule has 3 aromatic rings. The van der Waals surface area contributed by atoms with Crippen molar-refractivity contribution in [2.75, 3.05) is 31.1 Å². The fourth-order valence-corrected chi connectivity index (χ4v) is 4.28. The average Bonchev–Trinajstić information content (AvgIpc) is 3.38. The molecule has 1 fully saturated rings. The first kappa shape index (κ1) is 23.6. The van der Waals surface area contributed by atoms with Crippen molar-refractivity contribution < 1.29 is 14.3 Å². The van der Waals surface area contributed by atoms with Crippen LogP contribution in [0.4, 0.5) is 5.69 Å². The number of aliphatic hydroxyl groups is 1. The quantitative estimate of drug-likeness (QED) is 0.379. The number of hydrogen-bond donors (Lipinski definition) is 2. The lowest BCUT2D eigenvalue weighted by molar-refractivity contribution is -0.117. The van der Waals surface area contributed by atoms with Crippen LogP contribution >= 0.6 is 0 Å². The molecule has 1 saturated heterocycles. The van der Waals surface area contributed by atoms with Crippen LogP contribution in [0, 0.1) is 17.2 Å². The summed E-state index contributed by atoms with van der Waals surface area (Å²) in [6, 6.07) is 18.5. The van der Waals surface area contributed by atoms with Crippen LogP contribution in [0.1, 0.15) is 38.9 Å². The van der Waals surface area contributed by atoms with E-state index in [0.717, 1.165) is 24.0 Å². The Morgan fingerprint density at radius 3 is 2.59 bits per heavy atom. The molecule has 0 aliphatic carbocycles. The molecule has 2 aromatic carbocycles. The molecular weight excluding hydrogens is 426 g/mol. The zero-order valence-corrected chi connectivity index (χ0v) is 19.8. The zero-order valence-electron chi connectivity index (χ0n) is 19.8. The summed E-state index contributed by atoms with van der Waals surface area (Å²) >= 11 is 0. The standard InChI is InChI=1S/C28H31N3O3/c1-19(18-32)17-30-28(33)25(16-29)20(2)26-10-11-27(34-26)23-7-6-22-15-24(9-8-21(22)14-23)31-12-4-3-5-13-31/h6-11,14-15,19,32H,3-5,12-13,17-18H2,1-2H3,(H,30,33)/b25-20+. The fourth-order valence-electron chi connectivity index (χ4n) is 4.28. The second-order valence-corrected chi connectivity index (χ2v) is 9.07. The van der Waals surface area contributed by atoms with Gasteiger partial charge in [0.2, 0.25) is 0 Å². The second kappa shape index (κ2) is 10.6. The average molecular weight is 458 g/mol. The molecule has 1 amide bonds. The highest BCUT2D eigenvalue weighted by molar-refractivity contribution is 6.04. The predicted octanol–water partition coefficient (Wildman–Crippen LogP) is 5.13. The highest BCUT2D eigenvalue weighted by atomic mass is 16.3. The minimum absolute atomic E-state index is 0.00907. The molecule has 2 N–H and O–H groups in total. The van der Waals surface area contributed by atoms with Crippen molar-refractivity contribution in [2.45, 2.75) is 33.1 Å². The highest BCUT2D eigenvalue weighted by Crippen LogP contribution is 2.31. The van der Waals surface area contributed by atoms with Crippen LogP contribution in [0.5, 0.6) is 0 Å². The molecule has 0 bridgehead atoms. The first-order valence-electron chi connectivity index (χ1n) is 11.9. The van der Waals surface area contributed by atoms with E-state index in [9.17, 15) is 10.1 Å². The number of nitrogens with zero attached hydrogens (tertiary/aromatic N) is 2. The van der Waals surface area contributed by atoms with Crippen molar-refractivity contribution in [3.05, 3.63) is 59.9 Å². The Kier molecular flexibility index (Phi) is 7.34. The van der Waals surface area contributed by atoms with E-state index in [1.54, 1.807) is 13.0 Å². The monoisotopic (exact) mass is 457 g/mol. The number of fused-ring (bicyclic) bond motifs is 1. The van der Waals surface area contributed by atoms with Gasteiger partial charge in [-0.1, -0.05) is 25.1 Å². The molecule has 0 spiro atoms. The van der Waals surface area contributed by atoms with Crippen LogP contribution in [0.2, 0.25) is 0 Å². The number of aliphatic hydroxyl groups excluding tert-OH is 1. The number of rotatable bonds is 7. The first-order valence-corrected chi connectivity index (χ1v) is 11.9. The number of nitrogens with one attached hydrogen (secondary N) is 1. The first-order chi connectivity index (χ1) is 16.5. The fraction of sp³-hybridized carbons (Fsp3) is 0.357. The number of allylic oxidation sites excluding steroid dienone is 1. The predicted molar refractivity (Wildman–Crippen MR) is 135 cm³/mol. The van der Waals surface area contributed by atoms with Crippen LogP contribution in [0.3, 0.4) is 0 Å². The Balaban J connectivity index is 1.55. The number of amides is 1. The molecule has 1 atom stereocenters. The summed E-state index contributed by atoms with van der Waals surface area (Å²) in [6.07, 6.45) is 3.82. The molecule has 1 aromatic heterocycles. The van der Waals surface area contributed by atoms with Crippen LogP contribution < -0.4 is 10.2 Å². The summed E-state index contributed by atoms with van der Waals surface area (Å²) in [5.74, 6) is 0.622. The molecule has 34 heavy (non-hydrogen) atoms. The van der Waals surface area contributed by atoms with Gasteiger partial charge in [-0.2, -0.15) is 5.26 Å². The Morgan fingerprint density at radius 2 is 1.85 bits per heavy atom. The van der Waals surface area contributed by atoms with Gasteiger partial charge in [-0.25, -0.2) is 0 Å². The van der Waals surface area contributed by atoms with Crippen molar-refractivity contribution in [3.8, 4) is 17.4 Å². The number of furan rings is 1. The summed E-state index contributed by atoms with van der Waals surface area (Å²) in [6.45, 7) is 6.04. The Hall–Kier alpha value is -3.56. The van der Waals surface area contributed by atoms with Gasteiger partial charge in [0.15, 0.2) is 0 Å². The van der Waals surface area contributed by atoms with Gasteiger partial charge in [0.05, 0.1) is 0 Å². The van der Waals surface area contributed by atoms with E-state index in [1.807, 2.05) is 25.1 Å². The van der Waals surface area contributed by atoms with Crippen LogP contribution in [-0.4, -0.2) is 37.3 Å². The topological polar surface area (TPSA) is 89.5 Å². The molecule has 1 aliphatic heterocycles. The van der Waals surface area contributed by atoms with Crippen molar-refractivity contribution in [2.24, 2.45) is 5.92 Å². The Bertz CT molecular complexity index is 1250. The third kappa shape index (κ3) is 5.16. The number of nitriles is 1. The minimum Gasteiger partial charge on any atom is -0.456 e. The molecule has 6 nitrogen and oxygen atoms in total. The molecule has 0 saturated carbocycles. The maximum absolute atomic E-state index is 12.5. The lowest BCUT2D eigenvalue weighted by Crippen LogP contribution is -2.30. The second-order valence-electron chi connectivity index (χ2n) is 9.07. The van der Waals surface area contributed by atoms with E-state index < -0.39 is 5.91 Å². The van der Waals surface area contributed by atoms with Crippen molar-refractivity contribution >= 4 is 27.9 Å². The molecule has 2 heterocycles. The van der Waals surface area contributed by atoms with E-state index in [-0.39, 0.29) is 18.1 Å². The molecule has 1 unspecified atom stereocenters. The maximum Gasteiger partial charge on any atom is 0.262 e. The number of piperidine rings is 1. The van der Waals surface area contributed by atoms with E-state index in [0.29, 0.717) is 23.6 Å². The van der Waals surface area contributed by atoms with E-state index in [2.05, 4.69) is 40.5 Å². The summed E-state index contributed by atoms with van der Waals surface area (Å²) in [7, 11) is 0. The van der Waals surface area contributed by atoms with Gasteiger partial charge >= 0.3 is 0 Å². The zero-order chi connectivity index (χ0) is 24.1. The normalized spacial score (nSPS) is 15.5. The number of anilines is 1. The summed E-state index contributed by atoms with van der Waals surface area (Å²) in [5, 5.41) is 23.7. The number of carbonyl (C=O) groups excluding carboxylic acids is 1. The summed E-state index contributed by atoms with van der Waals surface area (Å²) in [4.78, 5) is 14.9. The lowest BCUT2D eigenvalue weighted by atomic mass is 10.0. The molecule has 176 valence electrons. The molecular formula is C28H31N3O3. The Morgan fingerprint density at radius 1 is 1.12 bits per heavy atom. The molecule has 4 rings (SSSR count). The van der Waals surface area contributed by atoms with Gasteiger partial charge in [0.25, 0.3) is 5.91 Å². The van der Waals surface area contributed by atoms with E-state index in [4.69, 9.17) is 9.52 Å². The Labute approximate surface area is 200 Å². The molecule has 1 aliphatic rings. The number of hydrogen-bond acceptors (Lipinski definition) is 5. The van der Waals surface area contributed by atoms with Gasteiger partial charge in [0.1, 0.15) is 23.2 Å². The third-order valence-corrected chi connectivity index (χ3v) is 6.44. The largest absolute Gasteiger partial charge is 0.456 e. The number of benzene rings is 2. The molecule has 0 radical (unpaired) electrons. The lowest BCUT2D eigenvalue weighted by Gasteiger charge is -2.29. The minimum atomic E-state index is -0.464. The van der Waals surface area contributed by atoms with Crippen molar-refractivity contribution in [1.82, 2.24) is 5.32 Å². The van der Waals surface area contributed by atoms with Gasteiger partial charge in [-0.05, 0) is 73.2 Å². The SMILES string of the molecule is C/C(=C(/C#N)C(=O)NCC(C)CO)c1ccc(-c2ccc3cc(N4CCCCC4)ccc3c2)o1. The third-order valence-electron chi connectivity index (χ3n) is 6.44. The van der Waals surface area contributed by atoms with Gasteiger partial charge in [-0.15, -0.1) is 0 Å². The molecule has 6 heteroatoms. The smallest absolute Gasteiger partial charge is 0.262 e. The van der Waals surface area contributed by atoms with Gasteiger partial charge in [-0.3, -0.25) is 4.79 Å². The van der Waals surface area contributed by atoms with E-state index in [1.165, 1.54) is 30.3 Å². The van der Waals surface area contributed by atoms with Gasteiger partial charge < -0.3 is 19.7 Å². The van der Waals surface area contributed by atoms with E-state index >= 15 is 0 Å². The van der Waals surface area contributed by atoms with Crippen LogP contribution in [-0.2, 0) is 4.79 Å². The van der Waals surface area contributed by atoms with Crippen molar-refractivity contribution in [1.29, 1.82) is 5.26 Å². The number of carbonyl (C=O) groups is 1. The summed E-state index contributed by atoms with van der Waals surface area (Å²) < 4.78 is 6.04. The van der Waals surface area contributed by atoms with Gasteiger partial charge in [0, 0.05) is 43.1 Å². The summed E-state index contributed by atoms with van der Waals surface area (Å²) in [5.41, 5.74) is 2.71. The maximum atomic E-state index is 12.5.